The first-order chi connectivity index (χ1) is 9.59. The molecule has 2 rings (SSSR count). The van der Waals surface area contributed by atoms with Crippen molar-refractivity contribution in [3.63, 3.8) is 0 Å². The minimum absolute atomic E-state index is 0.0314. The summed E-state index contributed by atoms with van der Waals surface area (Å²) in [6, 6.07) is 7.87. The van der Waals surface area contributed by atoms with Gasteiger partial charge < -0.3 is 16.0 Å². The Hall–Kier alpha value is -1.88. The van der Waals surface area contributed by atoms with Gasteiger partial charge in [-0.1, -0.05) is 30.3 Å². The minimum atomic E-state index is -0.745. The topological polar surface area (TPSA) is 75.4 Å². The molecule has 0 aliphatic carbocycles. The smallest absolute Gasteiger partial charge is 0.244 e. The molecule has 1 aromatic carbocycles. The van der Waals surface area contributed by atoms with Gasteiger partial charge in [-0.15, -0.1) is 0 Å². The van der Waals surface area contributed by atoms with Gasteiger partial charge in [-0.05, 0) is 25.3 Å². The van der Waals surface area contributed by atoms with Crippen molar-refractivity contribution in [1.29, 1.82) is 0 Å². The lowest BCUT2D eigenvalue weighted by atomic mass is 10.1. The number of nitrogens with one attached hydrogen (secondary N) is 1. The first-order valence-electron chi connectivity index (χ1n) is 6.99. The van der Waals surface area contributed by atoms with Crippen LogP contribution in [0.2, 0.25) is 0 Å². The Labute approximate surface area is 119 Å². The third kappa shape index (κ3) is 3.36. The molecule has 1 aliphatic rings. The average molecular weight is 275 g/mol. The normalized spacial score (nSPS) is 17.6. The largest absolute Gasteiger partial charge is 0.343 e. The summed E-state index contributed by atoms with van der Waals surface area (Å²) in [5, 5.41) is 2.70. The molecule has 0 bridgehead atoms. The number of rotatable bonds is 4. The third-order valence-corrected chi connectivity index (χ3v) is 3.59. The van der Waals surface area contributed by atoms with E-state index < -0.39 is 12.1 Å². The quantitative estimate of drug-likeness (QED) is 0.854. The lowest BCUT2D eigenvalue weighted by Gasteiger charge is -2.22. The number of likely N-dealkylation sites (tertiary alicyclic amines) is 1. The second-order valence-electron chi connectivity index (χ2n) is 5.15. The fraction of sp³-hybridized carbons (Fsp3) is 0.467. The third-order valence-electron chi connectivity index (χ3n) is 3.59. The molecule has 0 aromatic heterocycles. The Morgan fingerprint density at radius 3 is 2.40 bits per heavy atom. The molecule has 2 amide bonds. The highest BCUT2D eigenvalue weighted by atomic mass is 16.2. The zero-order valence-electron chi connectivity index (χ0n) is 11.7. The molecule has 2 unspecified atom stereocenters. The molecule has 1 fully saturated rings. The zero-order valence-corrected chi connectivity index (χ0v) is 11.7. The van der Waals surface area contributed by atoms with Gasteiger partial charge in [0.1, 0.15) is 12.1 Å². The Morgan fingerprint density at radius 1 is 1.20 bits per heavy atom. The van der Waals surface area contributed by atoms with Gasteiger partial charge in [-0.2, -0.15) is 0 Å². The van der Waals surface area contributed by atoms with Crippen LogP contribution in [0, 0.1) is 0 Å². The fourth-order valence-corrected chi connectivity index (χ4v) is 2.39. The maximum Gasteiger partial charge on any atom is 0.244 e. The van der Waals surface area contributed by atoms with Crippen LogP contribution in [0.4, 0.5) is 0 Å². The van der Waals surface area contributed by atoms with Crippen LogP contribution in [0.15, 0.2) is 30.3 Å². The lowest BCUT2D eigenvalue weighted by molar-refractivity contribution is -0.135. The molecule has 0 spiro atoms. The highest BCUT2D eigenvalue weighted by molar-refractivity contribution is 5.90. The first kappa shape index (κ1) is 14.5. The van der Waals surface area contributed by atoms with Crippen molar-refractivity contribution in [2.45, 2.75) is 31.8 Å². The SMILES string of the molecule is CC(NC(=O)C(N)c1ccccc1)C(=O)N1CCCC1. The Morgan fingerprint density at radius 2 is 1.80 bits per heavy atom. The van der Waals surface area contributed by atoms with Crippen LogP contribution in [-0.2, 0) is 9.59 Å². The van der Waals surface area contributed by atoms with E-state index in [1.807, 2.05) is 18.2 Å². The van der Waals surface area contributed by atoms with E-state index in [1.165, 1.54) is 0 Å². The molecule has 1 heterocycles. The van der Waals surface area contributed by atoms with Crippen molar-refractivity contribution in [1.82, 2.24) is 10.2 Å². The van der Waals surface area contributed by atoms with Gasteiger partial charge in [-0.25, -0.2) is 0 Å². The van der Waals surface area contributed by atoms with E-state index in [0.29, 0.717) is 0 Å². The predicted octanol–water partition coefficient (Wildman–Crippen LogP) is 0.813. The van der Waals surface area contributed by atoms with Crippen LogP contribution in [0.25, 0.3) is 0 Å². The number of carbonyl (C=O) groups excluding carboxylic acids is 2. The van der Waals surface area contributed by atoms with E-state index in [9.17, 15) is 9.59 Å². The molecule has 0 saturated carbocycles. The van der Waals surface area contributed by atoms with Crippen molar-refractivity contribution in [2.75, 3.05) is 13.1 Å². The van der Waals surface area contributed by atoms with E-state index in [4.69, 9.17) is 5.73 Å². The second kappa shape index (κ2) is 6.52. The number of nitrogens with zero attached hydrogens (tertiary/aromatic N) is 1. The van der Waals surface area contributed by atoms with E-state index in [0.717, 1.165) is 31.5 Å². The van der Waals surface area contributed by atoms with Crippen LogP contribution >= 0.6 is 0 Å². The summed E-state index contributed by atoms with van der Waals surface area (Å²) in [5.41, 5.74) is 6.64. The number of nitrogens with two attached hydrogens (primary N) is 1. The molecule has 20 heavy (non-hydrogen) atoms. The van der Waals surface area contributed by atoms with E-state index >= 15 is 0 Å². The Balaban J connectivity index is 1.91. The maximum atomic E-state index is 12.1. The number of carbonyl (C=O) groups is 2. The summed E-state index contributed by atoms with van der Waals surface area (Å²) in [7, 11) is 0. The van der Waals surface area contributed by atoms with Crippen molar-refractivity contribution < 1.29 is 9.59 Å². The molecular weight excluding hydrogens is 254 g/mol. The number of hydrogen-bond acceptors (Lipinski definition) is 3. The molecule has 1 aliphatic heterocycles. The van der Waals surface area contributed by atoms with Gasteiger partial charge in [0.2, 0.25) is 11.8 Å². The lowest BCUT2D eigenvalue weighted by Crippen LogP contribution is -2.48. The molecule has 1 aromatic rings. The number of benzene rings is 1. The van der Waals surface area contributed by atoms with Crippen molar-refractivity contribution >= 4 is 11.8 Å². The molecule has 5 nitrogen and oxygen atoms in total. The first-order valence-corrected chi connectivity index (χ1v) is 6.99. The Bertz CT molecular complexity index is 469. The van der Waals surface area contributed by atoms with E-state index in [2.05, 4.69) is 5.32 Å². The van der Waals surface area contributed by atoms with E-state index in [-0.39, 0.29) is 11.8 Å². The fourth-order valence-electron chi connectivity index (χ4n) is 2.39. The van der Waals surface area contributed by atoms with Crippen molar-refractivity contribution in [3.05, 3.63) is 35.9 Å². The number of hydrogen-bond donors (Lipinski definition) is 2. The number of amides is 2. The van der Waals surface area contributed by atoms with Gasteiger partial charge in [0, 0.05) is 13.1 Å². The monoisotopic (exact) mass is 275 g/mol. The van der Waals surface area contributed by atoms with Crippen molar-refractivity contribution in [2.24, 2.45) is 5.73 Å². The highest BCUT2D eigenvalue weighted by Gasteiger charge is 2.26. The van der Waals surface area contributed by atoms with Gasteiger partial charge in [0.05, 0.1) is 0 Å². The molecular formula is C15H21N3O2. The van der Waals surface area contributed by atoms with Crippen LogP contribution in [0.1, 0.15) is 31.4 Å². The minimum Gasteiger partial charge on any atom is -0.343 e. The zero-order chi connectivity index (χ0) is 14.5. The van der Waals surface area contributed by atoms with Crippen LogP contribution < -0.4 is 11.1 Å². The van der Waals surface area contributed by atoms with Gasteiger partial charge >= 0.3 is 0 Å². The molecule has 2 atom stereocenters. The average Bonchev–Trinajstić information content (AvgIpc) is 3.00. The molecule has 1 saturated heterocycles. The van der Waals surface area contributed by atoms with Gasteiger partial charge in [0.15, 0.2) is 0 Å². The predicted molar refractivity (Wildman–Crippen MR) is 76.8 cm³/mol. The summed E-state index contributed by atoms with van der Waals surface area (Å²) in [6.07, 6.45) is 2.08. The Kier molecular flexibility index (Phi) is 4.74. The molecule has 3 N–H and O–H groups in total. The molecule has 0 radical (unpaired) electrons. The van der Waals surface area contributed by atoms with Crippen LogP contribution in [-0.4, -0.2) is 35.8 Å². The highest BCUT2D eigenvalue weighted by Crippen LogP contribution is 2.11. The summed E-state index contributed by atoms with van der Waals surface area (Å²) < 4.78 is 0. The van der Waals surface area contributed by atoms with E-state index in [1.54, 1.807) is 24.0 Å². The summed E-state index contributed by atoms with van der Waals surface area (Å²) in [6.45, 7) is 3.27. The summed E-state index contributed by atoms with van der Waals surface area (Å²) >= 11 is 0. The maximum absolute atomic E-state index is 12.1. The van der Waals surface area contributed by atoms with Gasteiger partial charge in [-0.3, -0.25) is 9.59 Å². The van der Waals surface area contributed by atoms with Crippen LogP contribution in [0.3, 0.4) is 0 Å². The molecule has 108 valence electrons. The van der Waals surface area contributed by atoms with Crippen LogP contribution in [0.5, 0.6) is 0 Å². The van der Waals surface area contributed by atoms with Crippen molar-refractivity contribution in [3.8, 4) is 0 Å². The molecule has 5 heteroatoms. The van der Waals surface area contributed by atoms with Gasteiger partial charge in [0.25, 0.3) is 0 Å². The summed E-state index contributed by atoms with van der Waals surface area (Å²) in [4.78, 5) is 26.0. The summed E-state index contributed by atoms with van der Waals surface area (Å²) in [5.74, 6) is -0.354. The second-order valence-corrected chi connectivity index (χ2v) is 5.15. The standard InChI is InChI=1S/C15H21N3O2/c1-11(15(20)18-9-5-6-10-18)17-14(19)13(16)12-7-3-2-4-8-12/h2-4,7-8,11,13H,5-6,9-10,16H2,1H3,(H,17,19).